The number of likely N-dealkylation sites (tertiary alicyclic amines) is 1. The van der Waals surface area contributed by atoms with Crippen molar-refractivity contribution in [2.75, 3.05) is 59.9 Å². The lowest BCUT2D eigenvalue weighted by molar-refractivity contribution is -0.144. The van der Waals surface area contributed by atoms with Gasteiger partial charge in [-0.25, -0.2) is 4.98 Å². The summed E-state index contributed by atoms with van der Waals surface area (Å²) in [4.78, 5) is 77.4. The number of hydrogen-bond acceptors (Lipinski definition) is 13. The number of aromatic nitrogens is 3. The predicted octanol–water partition coefficient (Wildman–Crippen LogP) is 6.09. The first-order valence-electron chi connectivity index (χ1n) is 25.0. The van der Waals surface area contributed by atoms with E-state index in [1.54, 1.807) is 24.3 Å². The minimum absolute atomic E-state index is 0.0153. The molecule has 4 amide bonds. The van der Waals surface area contributed by atoms with E-state index < -0.39 is 35.4 Å². The van der Waals surface area contributed by atoms with E-state index in [0.29, 0.717) is 47.5 Å². The van der Waals surface area contributed by atoms with Crippen LogP contribution in [0.15, 0.2) is 58.8 Å². The Bertz CT molecular complexity index is 2790. The SMILES string of the molecule is COc1cc(C)[nH]c(=O)c1CNC(=O)c1c(C)n(C(C)C2CCOCC2)c2cc(OCCOCCOCC(=O)NC(C(=O)N3C[C@H](O)C[C@H]3C(=O)NC(C)c3ccc(-c4scnc4C)cc3)C(C)(C)C)ccc12. The van der Waals surface area contributed by atoms with Gasteiger partial charge in [-0.3, -0.25) is 24.0 Å². The molecule has 0 saturated carbocycles. The molecule has 18 nitrogen and oxygen atoms in total. The van der Waals surface area contributed by atoms with E-state index in [0.717, 1.165) is 51.1 Å². The Morgan fingerprint density at radius 1 is 0.959 bits per heavy atom. The van der Waals surface area contributed by atoms with Crippen LogP contribution in [-0.2, 0) is 35.1 Å². The molecule has 5 atom stereocenters. The summed E-state index contributed by atoms with van der Waals surface area (Å²) in [6.07, 6.45) is 0.972. The van der Waals surface area contributed by atoms with Gasteiger partial charge in [-0.1, -0.05) is 45.0 Å². The number of β-amino-alcohol motifs (C(OH)–C–C–N with tert-alkyl or cyclic N) is 1. The maximum atomic E-state index is 14.1. The van der Waals surface area contributed by atoms with E-state index in [-0.39, 0.29) is 82.0 Å². The summed E-state index contributed by atoms with van der Waals surface area (Å²) in [6, 6.07) is 13.0. The summed E-state index contributed by atoms with van der Waals surface area (Å²) < 4.78 is 30.9. The lowest BCUT2D eigenvalue weighted by Gasteiger charge is -2.35. The fourth-order valence-corrected chi connectivity index (χ4v) is 10.7. The van der Waals surface area contributed by atoms with Crippen LogP contribution >= 0.6 is 11.3 Å². The number of pyridine rings is 1. The number of ether oxygens (including phenoxy) is 5. The largest absolute Gasteiger partial charge is 0.496 e. The number of carbonyl (C=O) groups is 4. The first kappa shape index (κ1) is 54.6. The second-order valence-electron chi connectivity index (χ2n) is 20.1. The van der Waals surface area contributed by atoms with E-state index in [2.05, 4.69) is 37.4 Å². The topological polar surface area (TPSA) is 225 Å². The summed E-state index contributed by atoms with van der Waals surface area (Å²) in [6.45, 7) is 16.9. The van der Waals surface area contributed by atoms with Gasteiger partial charge in [0.25, 0.3) is 11.5 Å². The Morgan fingerprint density at radius 3 is 2.36 bits per heavy atom. The number of hydrogen-bond donors (Lipinski definition) is 5. The van der Waals surface area contributed by atoms with Crippen LogP contribution in [0, 0.1) is 32.1 Å². The van der Waals surface area contributed by atoms with Gasteiger partial charge >= 0.3 is 0 Å². The fraction of sp³-hybridized carbons (Fsp3) is 0.519. The molecule has 3 unspecified atom stereocenters. The van der Waals surface area contributed by atoms with Crippen LogP contribution in [-0.4, -0.2) is 126 Å². The van der Waals surface area contributed by atoms with Crippen molar-refractivity contribution in [3.05, 3.63) is 98.2 Å². The number of thiazole rings is 1. The van der Waals surface area contributed by atoms with Crippen molar-refractivity contribution < 1.29 is 48.0 Å². The monoisotopic (exact) mass is 1030 g/mol. The number of aliphatic hydroxyl groups is 1. The molecule has 5 heterocycles. The maximum Gasteiger partial charge on any atom is 0.256 e. The van der Waals surface area contributed by atoms with Crippen LogP contribution in [0.2, 0.25) is 0 Å². The number of carbonyl (C=O) groups excluding carboxylic acids is 4. The molecule has 5 aromatic rings. The average Bonchev–Trinajstić information content (AvgIpc) is 4.06. The zero-order chi connectivity index (χ0) is 52.6. The number of aryl methyl sites for hydroxylation is 2. The Morgan fingerprint density at radius 2 is 1.67 bits per heavy atom. The molecule has 2 aliphatic heterocycles. The average molecular weight is 1030 g/mol. The fourth-order valence-electron chi connectivity index (χ4n) is 9.84. The number of methoxy groups -OCH3 is 1. The molecule has 0 spiro atoms. The number of fused-ring (bicyclic) bond motifs is 1. The summed E-state index contributed by atoms with van der Waals surface area (Å²) in [5.74, 6) is -0.325. The summed E-state index contributed by atoms with van der Waals surface area (Å²) in [5.41, 5.74) is 6.80. The first-order chi connectivity index (χ1) is 34.9. The zero-order valence-corrected chi connectivity index (χ0v) is 44.2. The summed E-state index contributed by atoms with van der Waals surface area (Å²) in [7, 11) is 1.49. The van der Waals surface area contributed by atoms with Crippen LogP contribution in [0.3, 0.4) is 0 Å². The summed E-state index contributed by atoms with van der Waals surface area (Å²) in [5, 5.41) is 20.2. The minimum Gasteiger partial charge on any atom is -0.496 e. The molecule has 394 valence electrons. The van der Waals surface area contributed by atoms with Crippen molar-refractivity contribution in [2.45, 2.75) is 111 Å². The molecule has 19 heteroatoms. The number of amides is 4. The Labute approximate surface area is 430 Å². The highest BCUT2D eigenvalue weighted by atomic mass is 32.1. The van der Waals surface area contributed by atoms with Crippen LogP contribution in [0.1, 0.15) is 105 Å². The van der Waals surface area contributed by atoms with Crippen LogP contribution in [0.5, 0.6) is 11.5 Å². The second kappa shape index (κ2) is 24.3. The van der Waals surface area contributed by atoms with Crippen LogP contribution in [0.4, 0.5) is 0 Å². The van der Waals surface area contributed by atoms with Crippen molar-refractivity contribution >= 4 is 45.9 Å². The van der Waals surface area contributed by atoms with E-state index in [9.17, 15) is 29.1 Å². The van der Waals surface area contributed by atoms with Crippen molar-refractivity contribution in [3.8, 4) is 21.9 Å². The lowest BCUT2D eigenvalue weighted by atomic mass is 9.85. The molecule has 5 N–H and O–H groups in total. The Balaban J connectivity index is 0.890. The number of benzene rings is 2. The number of aliphatic hydroxyl groups excluding tert-OH is 1. The van der Waals surface area contributed by atoms with Crippen molar-refractivity contribution in [1.29, 1.82) is 0 Å². The van der Waals surface area contributed by atoms with Crippen LogP contribution < -0.4 is 31.0 Å². The number of rotatable bonds is 21. The molecule has 2 aliphatic rings. The number of aromatic amines is 1. The Hall–Kier alpha value is -6.12. The smallest absolute Gasteiger partial charge is 0.256 e. The van der Waals surface area contributed by atoms with Gasteiger partial charge in [0.1, 0.15) is 36.8 Å². The second-order valence-corrected chi connectivity index (χ2v) is 21.0. The Kier molecular flexibility index (Phi) is 18.2. The van der Waals surface area contributed by atoms with Crippen molar-refractivity contribution in [3.63, 3.8) is 0 Å². The van der Waals surface area contributed by atoms with Gasteiger partial charge in [-0.05, 0) is 88.1 Å². The minimum atomic E-state index is -1.00. The van der Waals surface area contributed by atoms with Gasteiger partial charge in [-0.2, -0.15) is 0 Å². The van der Waals surface area contributed by atoms with Crippen molar-refractivity contribution in [2.24, 2.45) is 11.3 Å². The highest BCUT2D eigenvalue weighted by Crippen LogP contribution is 2.37. The van der Waals surface area contributed by atoms with Gasteiger partial charge < -0.3 is 59.2 Å². The third-order valence-electron chi connectivity index (χ3n) is 13.8. The van der Waals surface area contributed by atoms with E-state index in [4.69, 9.17) is 23.7 Å². The van der Waals surface area contributed by atoms with E-state index >= 15 is 0 Å². The molecule has 0 radical (unpaired) electrons. The molecule has 0 aliphatic carbocycles. The van der Waals surface area contributed by atoms with Crippen molar-refractivity contribution in [1.82, 2.24) is 35.4 Å². The number of nitrogens with zero attached hydrogens (tertiary/aromatic N) is 3. The number of H-pyrrole nitrogens is 1. The van der Waals surface area contributed by atoms with Gasteiger partial charge in [-0.15, -0.1) is 11.3 Å². The standard InChI is InChI=1S/C54H71N7O11S/c1-31-24-45(68-9)42(50(64)57-31)27-55-52(66)47-35(5)61(34(4)37-16-18-69-19-17-37)43-26-40(14-15-41(43)47)72-23-22-70-20-21-71-29-46(63)59-49(54(6,7)8)53(67)60-28-39(62)25-44(60)51(65)58-32(2)36-10-12-38(13-11-36)48-33(3)56-30-73-48/h10-15,24,26,30,32,34,37,39,44,49,62H,16-23,25,27-29H2,1-9H3,(H,55,66)(H,57,64)(H,58,65)(H,59,63)/t32?,34?,39-,44+,49?/m1/s1. The van der Waals surface area contributed by atoms with Crippen LogP contribution in [0.25, 0.3) is 21.3 Å². The quantitative estimate of drug-likeness (QED) is 0.0527. The van der Waals surface area contributed by atoms with Gasteiger partial charge in [0, 0.05) is 55.1 Å². The molecule has 73 heavy (non-hydrogen) atoms. The molecule has 0 bridgehead atoms. The maximum absolute atomic E-state index is 14.1. The number of nitrogens with one attached hydrogen (secondary N) is 4. The molecule has 3 aromatic heterocycles. The first-order valence-corrected chi connectivity index (χ1v) is 25.9. The highest BCUT2D eigenvalue weighted by Gasteiger charge is 2.45. The van der Waals surface area contributed by atoms with Gasteiger partial charge in [0.2, 0.25) is 17.7 Å². The molecule has 7 rings (SSSR count). The van der Waals surface area contributed by atoms with E-state index in [1.165, 1.54) is 12.0 Å². The lowest BCUT2D eigenvalue weighted by Crippen LogP contribution is -2.58. The molecule has 2 fully saturated rings. The molecule has 2 saturated heterocycles. The van der Waals surface area contributed by atoms with Gasteiger partial charge in [0.05, 0.1) is 78.3 Å². The molecule has 2 aromatic carbocycles. The predicted molar refractivity (Wildman–Crippen MR) is 278 cm³/mol. The molecular formula is C54H71N7O11S. The highest BCUT2D eigenvalue weighted by molar-refractivity contribution is 7.13. The molecular weight excluding hydrogens is 955 g/mol. The third-order valence-corrected chi connectivity index (χ3v) is 14.8. The zero-order valence-electron chi connectivity index (χ0n) is 43.4. The van der Waals surface area contributed by atoms with Gasteiger partial charge in [0.15, 0.2) is 0 Å². The third kappa shape index (κ3) is 13.2. The normalized spacial score (nSPS) is 17.5. The summed E-state index contributed by atoms with van der Waals surface area (Å²) >= 11 is 1.57. The van der Waals surface area contributed by atoms with E-state index in [1.807, 2.05) is 89.5 Å².